The Morgan fingerprint density at radius 1 is 1.14 bits per heavy atom. The fraction of sp³-hybridized carbons (Fsp3) is 0.364. The fourth-order valence-corrected chi connectivity index (χ4v) is 4.58. The largest absolute Gasteiger partial charge is 0.453 e. The number of rotatable bonds is 8. The van der Waals surface area contributed by atoms with Crippen LogP contribution in [0, 0.1) is 0 Å². The van der Waals surface area contributed by atoms with Crippen molar-refractivity contribution in [3.8, 4) is 0 Å². The molecule has 1 heterocycles. The minimum absolute atomic E-state index is 0.0135. The van der Waals surface area contributed by atoms with Crippen LogP contribution in [0.4, 0.5) is 10.5 Å². The maximum absolute atomic E-state index is 13.3. The average Bonchev–Trinajstić information content (AvgIpc) is 2.75. The normalized spacial score (nSPS) is 11.2. The summed E-state index contributed by atoms with van der Waals surface area (Å²) in [6, 6.07) is 11.5. The summed E-state index contributed by atoms with van der Waals surface area (Å²) < 4.78 is 6.49. The molecular formula is C22H27N3O3S. The molecule has 29 heavy (non-hydrogen) atoms. The number of hydrogen-bond acceptors (Lipinski definition) is 6. The van der Waals surface area contributed by atoms with Gasteiger partial charge in [-0.05, 0) is 36.9 Å². The first-order valence-electron chi connectivity index (χ1n) is 9.84. The van der Waals surface area contributed by atoms with E-state index >= 15 is 0 Å². The molecule has 3 rings (SSSR count). The summed E-state index contributed by atoms with van der Waals surface area (Å²) in [6.07, 6.45) is -0.493. The Balaban J connectivity index is 2.04. The Morgan fingerprint density at radius 2 is 1.90 bits per heavy atom. The second kappa shape index (κ2) is 9.71. The standard InChI is InChI=1S/C22H27N3O3S/c1-4-25(5-2)13-12-23-17-11-10-15(14-24-22(27)28-3)21-19(17)20(26)16-8-6-7-9-18(16)29-21/h6-11,23H,4-5,12-14H2,1-3H3,(H,24,27). The number of methoxy groups -OCH3 is 1. The first-order chi connectivity index (χ1) is 14.1. The van der Waals surface area contributed by atoms with E-state index in [1.54, 1.807) is 11.3 Å². The van der Waals surface area contributed by atoms with E-state index in [9.17, 15) is 9.59 Å². The van der Waals surface area contributed by atoms with Crippen molar-refractivity contribution < 1.29 is 9.53 Å². The molecule has 154 valence electrons. The van der Waals surface area contributed by atoms with Crippen LogP contribution in [0.25, 0.3) is 20.2 Å². The quantitative estimate of drug-likeness (QED) is 0.546. The first kappa shape index (κ1) is 21.1. The maximum atomic E-state index is 13.3. The van der Waals surface area contributed by atoms with E-state index in [0.717, 1.165) is 52.2 Å². The van der Waals surface area contributed by atoms with Crippen molar-refractivity contribution in [2.45, 2.75) is 20.4 Å². The van der Waals surface area contributed by atoms with Crippen molar-refractivity contribution in [2.75, 3.05) is 38.6 Å². The van der Waals surface area contributed by atoms with Crippen molar-refractivity contribution in [3.05, 3.63) is 52.2 Å². The van der Waals surface area contributed by atoms with Crippen LogP contribution in [0.3, 0.4) is 0 Å². The van der Waals surface area contributed by atoms with E-state index in [1.807, 2.05) is 36.4 Å². The highest BCUT2D eigenvalue weighted by Crippen LogP contribution is 2.32. The van der Waals surface area contributed by atoms with E-state index in [-0.39, 0.29) is 5.43 Å². The van der Waals surface area contributed by atoms with Crippen LogP contribution in [-0.4, -0.2) is 44.3 Å². The van der Waals surface area contributed by atoms with Crippen molar-refractivity contribution >= 4 is 43.3 Å². The van der Waals surface area contributed by atoms with Crippen LogP contribution in [0.1, 0.15) is 19.4 Å². The lowest BCUT2D eigenvalue weighted by Crippen LogP contribution is -2.28. The lowest BCUT2D eigenvalue weighted by Gasteiger charge is -2.19. The molecule has 2 aromatic carbocycles. The van der Waals surface area contributed by atoms with Gasteiger partial charge in [-0.25, -0.2) is 4.79 Å². The summed E-state index contributed by atoms with van der Waals surface area (Å²) in [6.45, 7) is 8.25. The van der Waals surface area contributed by atoms with E-state index in [4.69, 9.17) is 0 Å². The smallest absolute Gasteiger partial charge is 0.407 e. The summed E-state index contributed by atoms with van der Waals surface area (Å²) in [7, 11) is 1.34. The predicted octanol–water partition coefficient (Wildman–Crippen LogP) is 4.02. The molecule has 0 spiro atoms. The van der Waals surface area contributed by atoms with Gasteiger partial charge in [0.25, 0.3) is 0 Å². The minimum atomic E-state index is -0.493. The second-order valence-corrected chi connectivity index (χ2v) is 7.75. The predicted molar refractivity (Wildman–Crippen MR) is 121 cm³/mol. The number of likely N-dealkylation sites (N-methyl/N-ethyl adjacent to an activating group) is 1. The SMILES string of the molecule is CCN(CC)CCNc1ccc(CNC(=O)OC)c2sc3ccccc3c(=O)c12. The molecule has 6 nitrogen and oxygen atoms in total. The molecule has 3 aromatic rings. The van der Waals surface area contributed by atoms with Gasteiger partial charge in [0.2, 0.25) is 0 Å². The molecule has 0 aliphatic rings. The minimum Gasteiger partial charge on any atom is -0.453 e. The van der Waals surface area contributed by atoms with Gasteiger partial charge in [-0.3, -0.25) is 4.79 Å². The number of carbonyl (C=O) groups is 1. The number of carbonyl (C=O) groups excluding carboxylic acids is 1. The van der Waals surface area contributed by atoms with Gasteiger partial charge in [0.05, 0.1) is 12.5 Å². The van der Waals surface area contributed by atoms with E-state index in [2.05, 4.69) is 34.1 Å². The van der Waals surface area contributed by atoms with Gasteiger partial charge < -0.3 is 20.3 Å². The van der Waals surface area contributed by atoms with E-state index < -0.39 is 6.09 Å². The Labute approximate surface area is 174 Å². The van der Waals surface area contributed by atoms with Crippen LogP contribution in [-0.2, 0) is 11.3 Å². The molecule has 7 heteroatoms. The summed E-state index contributed by atoms with van der Waals surface area (Å²) in [4.78, 5) is 27.2. The molecule has 0 radical (unpaired) electrons. The molecule has 0 fully saturated rings. The average molecular weight is 414 g/mol. The van der Waals surface area contributed by atoms with Gasteiger partial charge in [0, 0.05) is 40.1 Å². The monoisotopic (exact) mass is 413 g/mol. The molecule has 2 N–H and O–H groups in total. The van der Waals surface area contributed by atoms with Crippen molar-refractivity contribution in [2.24, 2.45) is 0 Å². The van der Waals surface area contributed by atoms with Gasteiger partial charge >= 0.3 is 6.09 Å². The molecule has 0 saturated heterocycles. The lowest BCUT2D eigenvalue weighted by molar-refractivity contribution is 0.170. The number of benzene rings is 2. The van der Waals surface area contributed by atoms with Crippen LogP contribution in [0.2, 0.25) is 0 Å². The summed E-state index contributed by atoms with van der Waals surface area (Å²) in [5, 5.41) is 7.56. The maximum Gasteiger partial charge on any atom is 0.407 e. The number of nitrogens with one attached hydrogen (secondary N) is 2. The van der Waals surface area contributed by atoms with Gasteiger partial charge in [-0.1, -0.05) is 32.0 Å². The van der Waals surface area contributed by atoms with Gasteiger partial charge in [0.1, 0.15) is 0 Å². The fourth-order valence-electron chi connectivity index (χ4n) is 3.37. The zero-order chi connectivity index (χ0) is 20.8. The third kappa shape index (κ3) is 4.68. The van der Waals surface area contributed by atoms with Crippen LogP contribution in [0.15, 0.2) is 41.2 Å². The van der Waals surface area contributed by atoms with Gasteiger partial charge in [0.15, 0.2) is 5.43 Å². The van der Waals surface area contributed by atoms with Crippen LogP contribution >= 0.6 is 11.3 Å². The molecular weight excluding hydrogens is 386 g/mol. The Bertz CT molecular complexity index is 1060. The van der Waals surface area contributed by atoms with Crippen molar-refractivity contribution in [1.82, 2.24) is 10.2 Å². The molecule has 0 aliphatic carbocycles. The molecule has 0 bridgehead atoms. The highest BCUT2D eigenvalue weighted by molar-refractivity contribution is 7.24. The molecule has 0 atom stereocenters. The number of fused-ring (bicyclic) bond motifs is 2. The number of nitrogens with zero attached hydrogens (tertiary/aromatic N) is 1. The molecule has 1 amide bonds. The second-order valence-electron chi connectivity index (χ2n) is 6.70. The summed E-state index contributed by atoms with van der Waals surface area (Å²) in [5.41, 5.74) is 1.74. The third-order valence-electron chi connectivity index (χ3n) is 5.06. The molecule has 0 saturated carbocycles. The lowest BCUT2D eigenvalue weighted by atomic mass is 10.1. The highest BCUT2D eigenvalue weighted by atomic mass is 32.1. The summed E-state index contributed by atoms with van der Waals surface area (Å²) >= 11 is 1.57. The Hall–Kier alpha value is -2.64. The van der Waals surface area contributed by atoms with Gasteiger partial charge in [-0.2, -0.15) is 0 Å². The van der Waals surface area contributed by atoms with Gasteiger partial charge in [-0.15, -0.1) is 11.3 Å². The zero-order valence-electron chi connectivity index (χ0n) is 17.1. The van der Waals surface area contributed by atoms with Crippen molar-refractivity contribution in [1.29, 1.82) is 0 Å². The topological polar surface area (TPSA) is 70.7 Å². The highest BCUT2D eigenvalue weighted by Gasteiger charge is 2.14. The number of alkyl carbamates (subject to hydrolysis) is 1. The number of hydrogen-bond donors (Lipinski definition) is 2. The molecule has 0 unspecified atom stereocenters. The Morgan fingerprint density at radius 3 is 2.62 bits per heavy atom. The number of anilines is 1. The third-order valence-corrected chi connectivity index (χ3v) is 6.30. The van der Waals surface area contributed by atoms with Crippen LogP contribution in [0.5, 0.6) is 0 Å². The van der Waals surface area contributed by atoms with Crippen LogP contribution < -0.4 is 16.1 Å². The Kier molecular flexibility index (Phi) is 7.06. The number of amides is 1. The van der Waals surface area contributed by atoms with Crippen molar-refractivity contribution in [3.63, 3.8) is 0 Å². The first-order valence-corrected chi connectivity index (χ1v) is 10.7. The zero-order valence-corrected chi connectivity index (χ0v) is 17.9. The number of ether oxygens (including phenoxy) is 1. The summed E-state index contributed by atoms with van der Waals surface area (Å²) in [5.74, 6) is 0. The molecule has 0 aliphatic heterocycles. The van der Waals surface area contributed by atoms with E-state index in [1.165, 1.54) is 7.11 Å². The van der Waals surface area contributed by atoms with E-state index in [0.29, 0.717) is 11.9 Å². The molecule has 1 aromatic heterocycles.